The Morgan fingerprint density at radius 3 is 2.74 bits per heavy atom. The van der Waals surface area contributed by atoms with E-state index in [9.17, 15) is 9.18 Å². The molecule has 0 radical (unpaired) electrons. The molecule has 2 rings (SSSR count). The van der Waals surface area contributed by atoms with Crippen LogP contribution in [0.25, 0.3) is 0 Å². The fraction of sp³-hybridized carbons (Fsp3) is 0.143. The number of pyridine rings is 1. The third kappa shape index (κ3) is 3.51. The van der Waals surface area contributed by atoms with E-state index in [4.69, 9.17) is 10.5 Å². The maximum atomic E-state index is 13.0. The highest BCUT2D eigenvalue weighted by Gasteiger charge is 2.12. The van der Waals surface area contributed by atoms with Crippen molar-refractivity contribution in [2.75, 3.05) is 12.3 Å². The lowest BCUT2D eigenvalue weighted by atomic mass is 10.2. The van der Waals surface area contributed by atoms with Crippen molar-refractivity contribution in [1.29, 1.82) is 0 Å². The van der Waals surface area contributed by atoms with Crippen LogP contribution in [0.3, 0.4) is 0 Å². The Balaban J connectivity index is 1.93. The molecule has 0 aliphatic heterocycles. The number of carbonyl (C=O) groups is 1. The third-order valence-electron chi connectivity index (χ3n) is 2.61. The van der Waals surface area contributed by atoms with E-state index in [2.05, 4.69) is 4.98 Å². The molecule has 0 saturated carbocycles. The summed E-state index contributed by atoms with van der Waals surface area (Å²) in [6, 6.07) is 7.29. The van der Waals surface area contributed by atoms with Gasteiger partial charge in [0.05, 0.1) is 12.2 Å². The van der Waals surface area contributed by atoms with E-state index in [-0.39, 0.29) is 17.9 Å². The zero-order chi connectivity index (χ0) is 13.7. The highest BCUT2D eigenvalue weighted by Crippen LogP contribution is 2.14. The summed E-state index contributed by atoms with van der Waals surface area (Å²) in [6.45, 7) is 0.207. The zero-order valence-electron chi connectivity index (χ0n) is 10.2. The average molecular weight is 260 g/mol. The van der Waals surface area contributed by atoms with Gasteiger partial charge in [0.1, 0.15) is 5.82 Å². The Kier molecular flexibility index (Phi) is 4.07. The van der Waals surface area contributed by atoms with Gasteiger partial charge in [0.15, 0.2) is 0 Å². The van der Waals surface area contributed by atoms with Gasteiger partial charge in [0.2, 0.25) is 0 Å². The highest BCUT2D eigenvalue weighted by molar-refractivity contribution is 5.95. The Morgan fingerprint density at radius 2 is 2.00 bits per heavy atom. The van der Waals surface area contributed by atoms with Gasteiger partial charge >= 0.3 is 5.97 Å². The van der Waals surface area contributed by atoms with E-state index >= 15 is 0 Å². The molecule has 0 bridgehead atoms. The Morgan fingerprint density at radius 1 is 1.26 bits per heavy atom. The lowest BCUT2D eigenvalue weighted by Gasteiger charge is -2.07. The van der Waals surface area contributed by atoms with E-state index in [1.54, 1.807) is 12.4 Å². The van der Waals surface area contributed by atoms with Gasteiger partial charge in [-0.3, -0.25) is 4.98 Å². The molecule has 2 N–H and O–H groups in total. The second kappa shape index (κ2) is 5.95. The lowest BCUT2D eigenvalue weighted by molar-refractivity contribution is 0.0510. The Bertz CT molecular complexity index is 573. The zero-order valence-corrected chi connectivity index (χ0v) is 10.2. The SMILES string of the molecule is Nc1ccc(F)cc1C(=O)OCCc1ccncc1. The van der Waals surface area contributed by atoms with Gasteiger partial charge < -0.3 is 10.5 Å². The number of esters is 1. The summed E-state index contributed by atoms with van der Waals surface area (Å²) in [6.07, 6.45) is 3.91. The van der Waals surface area contributed by atoms with Crippen LogP contribution in [-0.2, 0) is 11.2 Å². The van der Waals surface area contributed by atoms with Gasteiger partial charge in [-0.25, -0.2) is 9.18 Å². The van der Waals surface area contributed by atoms with Gasteiger partial charge in [-0.1, -0.05) is 0 Å². The second-order valence-corrected chi connectivity index (χ2v) is 3.97. The number of nitrogens with zero attached hydrogens (tertiary/aromatic N) is 1. The number of ether oxygens (including phenoxy) is 1. The summed E-state index contributed by atoms with van der Waals surface area (Å²) in [7, 11) is 0. The molecule has 0 unspecified atom stereocenters. The summed E-state index contributed by atoms with van der Waals surface area (Å²) >= 11 is 0. The smallest absolute Gasteiger partial charge is 0.340 e. The molecule has 19 heavy (non-hydrogen) atoms. The van der Waals surface area contributed by atoms with Crippen LogP contribution in [0.5, 0.6) is 0 Å². The van der Waals surface area contributed by atoms with Crippen molar-refractivity contribution in [2.45, 2.75) is 6.42 Å². The monoisotopic (exact) mass is 260 g/mol. The molecule has 0 amide bonds. The Hall–Kier alpha value is -2.43. The van der Waals surface area contributed by atoms with Gasteiger partial charge in [-0.2, -0.15) is 0 Å². The summed E-state index contributed by atoms with van der Waals surface area (Å²) in [5.74, 6) is -1.14. The molecule has 0 aliphatic rings. The molecule has 0 saturated heterocycles. The first-order chi connectivity index (χ1) is 9.16. The van der Waals surface area contributed by atoms with Gasteiger partial charge in [-0.15, -0.1) is 0 Å². The molecule has 1 heterocycles. The molecule has 2 aromatic rings. The minimum atomic E-state index is -0.619. The maximum absolute atomic E-state index is 13.0. The van der Waals surface area contributed by atoms with Crippen LogP contribution in [-0.4, -0.2) is 17.6 Å². The number of hydrogen-bond donors (Lipinski definition) is 1. The number of rotatable bonds is 4. The second-order valence-electron chi connectivity index (χ2n) is 3.97. The number of nitrogens with two attached hydrogens (primary N) is 1. The normalized spacial score (nSPS) is 10.2. The van der Waals surface area contributed by atoms with Crippen molar-refractivity contribution in [3.05, 3.63) is 59.7 Å². The van der Waals surface area contributed by atoms with Crippen LogP contribution in [0.1, 0.15) is 15.9 Å². The first-order valence-electron chi connectivity index (χ1n) is 5.78. The number of anilines is 1. The van der Waals surface area contributed by atoms with Gasteiger partial charge in [0.25, 0.3) is 0 Å². The van der Waals surface area contributed by atoms with Crippen molar-refractivity contribution in [1.82, 2.24) is 4.98 Å². The molecular formula is C14H13FN2O2. The molecule has 4 nitrogen and oxygen atoms in total. The predicted molar refractivity (Wildman–Crippen MR) is 69.0 cm³/mol. The van der Waals surface area contributed by atoms with Crippen LogP contribution in [0.4, 0.5) is 10.1 Å². The average Bonchev–Trinajstić information content (AvgIpc) is 2.42. The number of nitrogen functional groups attached to an aromatic ring is 1. The first kappa shape index (κ1) is 13.0. The van der Waals surface area contributed by atoms with Crippen LogP contribution < -0.4 is 5.73 Å². The van der Waals surface area contributed by atoms with E-state index in [0.29, 0.717) is 6.42 Å². The molecule has 98 valence electrons. The maximum Gasteiger partial charge on any atom is 0.340 e. The molecule has 1 aromatic heterocycles. The van der Waals surface area contributed by atoms with Crippen LogP contribution in [0.15, 0.2) is 42.7 Å². The number of benzene rings is 1. The van der Waals surface area contributed by atoms with E-state index in [1.165, 1.54) is 12.1 Å². The molecule has 0 fully saturated rings. The summed E-state index contributed by atoms with van der Waals surface area (Å²) < 4.78 is 18.1. The van der Waals surface area contributed by atoms with E-state index in [1.807, 2.05) is 12.1 Å². The van der Waals surface area contributed by atoms with Crippen molar-refractivity contribution >= 4 is 11.7 Å². The van der Waals surface area contributed by atoms with Gasteiger partial charge in [0, 0.05) is 24.5 Å². The third-order valence-corrected chi connectivity index (χ3v) is 2.61. The largest absolute Gasteiger partial charge is 0.462 e. The molecule has 0 atom stereocenters. The van der Waals surface area contributed by atoms with E-state index < -0.39 is 11.8 Å². The minimum absolute atomic E-state index is 0.0507. The standard InChI is InChI=1S/C14H13FN2O2/c15-11-1-2-13(16)12(9-11)14(18)19-8-5-10-3-6-17-7-4-10/h1-4,6-7,9H,5,8,16H2. The summed E-state index contributed by atoms with van der Waals surface area (Å²) in [5.41, 5.74) is 6.86. The van der Waals surface area contributed by atoms with Crippen molar-refractivity contribution < 1.29 is 13.9 Å². The van der Waals surface area contributed by atoms with Crippen LogP contribution in [0.2, 0.25) is 0 Å². The number of hydrogen-bond acceptors (Lipinski definition) is 4. The van der Waals surface area contributed by atoms with E-state index in [0.717, 1.165) is 11.6 Å². The fourth-order valence-corrected chi connectivity index (χ4v) is 1.59. The quantitative estimate of drug-likeness (QED) is 0.676. The minimum Gasteiger partial charge on any atom is -0.462 e. The molecule has 1 aromatic carbocycles. The number of halogens is 1. The topological polar surface area (TPSA) is 65.2 Å². The highest BCUT2D eigenvalue weighted by atomic mass is 19.1. The number of aromatic nitrogens is 1. The molecule has 5 heteroatoms. The lowest BCUT2D eigenvalue weighted by Crippen LogP contribution is -2.11. The van der Waals surface area contributed by atoms with Crippen molar-refractivity contribution in [3.8, 4) is 0 Å². The first-order valence-corrected chi connectivity index (χ1v) is 5.78. The molecular weight excluding hydrogens is 247 g/mol. The van der Waals surface area contributed by atoms with Crippen LogP contribution in [0, 0.1) is 5.82 Å². The van der Waals surface area contributed by atoms with Crippen molar-refractivity contribution in [2.24, 2.45) is 0 Å². The fourth-order valence-electron chi connectivity index (χ4n) is 1.59. The van der Waals surface area contributed by atoms with Gasteiger partial charge in [-0.05, 0) is 35.9 Å². The van der Waals surface area contributed by atoms with Crippen LogP contribution >= 0.6 is 0 Å². The predicted octanol–water partition coefficient (Wildman–Crippen LogP) is 2.20. The Labute approximate surface area is 110 Å². The summed E-state index contributed by atoms with van der Waals surface area (Å²) in [5, 5.41) is 0. The molecule has 0 spiro atoms. The number of carbonyl (C=O) groups excluding carboxylic acids is 1. The van der Waals surface area contributed by atoms with Crippen molar-refractivity contribution in [3.63, 3.8) is 0 Å². The molecule has 0 aliphatic carbocycles. The summed E-state index contributed by atoms with van der Waals surface area (Å²) in [4.78, 5) is 15.6.